The quantitative estimate of drug-likeness (QED) is 0.175. The first-order valence-corrected chi connectivity index (χ1v) is 17.8. The lowest BCUT2D eigenvalue weighted by Gasteiger charge is -2.28. The van der Waals surface area contributed by atoms with Crippen LogP contribution >= 0.6 is 0 Å². The Kier molecular flexibility index (Phi) is 9.48. The summed E-state index contributed by atoms with van der Waals surface area (Å²) in [7, 11) is 0. The Morgan fingerprint density at radius 3 is 1.06 bits per heavy atom. The van der Waals surface area contributed by atoms with Gasteiger partial charge in [-0.3, -0.25) is 0 Å². The maximum absolute atomic E-state index is 9.03. The molecule has 0 radical (unpaired) electrons. The van der Waals surface area contributed by atoms with Crippen molar-refractivity contribution < 1.29 is 12.3 Å². The van der Waals surface area contributed by atoms with Crippen LogP contribution in [-0.2, 0) is 5.41 Å². The van der Waals surface area contributed by atoms with E-state index in [1.807, 2.05) is 109 Å². The second-order valence-electron chi connectivity index (χ2n) is 16.2. The van der Waals surface area contributed by atoms with Crippen molar-refractivity contribution in [2.45, 2.75) is 165 Å². The molecule has 0 heterocycles. The SMILES string of the molecule is [2H]C(C)(C)c1cc(-c2c(C([2H])(C)C)cc(C(C)(C)C)cc2C([2H])(C)C)cc(C([2H])(C)C)c1C.[2H]C([2H])([2H])c1ccc(-c2cc(C([2H])(C)C)c(C)c(C([2H])(C)C)c2)cc1. The van der Waals surface area contributed by atoms with Gasteiger partial charge in [-0.1, -0.05) is 170 Å². The summed E-state index contributed by atoms with van der Waals surface area (Å²) in [4.78, 5) is 0. The van der Waals surface area contributed by atoms with Crippen LogP contribution in [-0.4, -0.2) is 0 Å². The molecule has 0 aliphatic rings. The zero-order valence-electron chi connectivity index (χ0n) is 42.8. The molecular formula is C49H70. The molecule has 0 saturated heterocycles. The number of hydrogen-bond donors (Lipinski definition) is 0. The third-order valence-corrected chi connectivity index (χ3v) is 9.56. The van der Waals surface area contributed by atoms with Gasteiger partial charge in [0.25, 0.3) is 0 Å². The Labute approximate surface area is 315 Å². The highest BCUT2D eigenvalue weighted by Crippen LogP contribution is 2.42. The van der Waals surface area contributed by atoms with Gasteiger partial charge in [0.1, 0.15) is 0 Å². The fraction of sp³-hybridized carbons (Fsp3) is 0.510. The summed E-state index contributed by atoms with van der Waals surface area (Å²) in [5.41, 5.74) is 12.2. The second-order valence-corrected chi connectivity index (χ2v) is 16.2. The van der Waals surface area contributed by atoms with E-state index in [1.165, 1.54) is 0 Å². The summed E-state index contributed by atoms with van der Waals surface area (Å²) < 4.78 is 75.1. The first kappa shape index (κ1) is 28.6. The number of aryl methyl sites for hydroxylation is 1. The molecule has 0 unspecified atom stereocenters. The molecule has 0 saturated carbocycles. The lowest BCUT2D eigenvalue weighted by Crippen LogP contribution is -2.14. The lowest BCUT2D eigenvalue weighted by atomic mass is 9.76. The standard InChI is InChI=1S/C29H44.C20H26/c1-17(2)24-13-22(14-25(18(3)4)21(24)9)28-26(19(5)6)15-23(29(10,11)12)16-27(28)20(7)8;1-13(2)19-11-18(12-20(14(3)4)16(19)6)17-9-7-15(5)8-10-17/h13-20H,1-12H3;7-14H,1-6H3/i17D,18D,19D,20D;5D3,13D,14D. The molecule has 0 spiro atoms. The van der Waals surface area contributed by atoms with Crippen LogP contribution in [0.1, 0.15) is 207 Å². The van der Waals surface area contributed by atoms with E-state index in [-0.39, 0.29) is 5.41 Å². The molecule has 0 amide bonds. The zero-order chi connectivity index (χ0) is 45.2. The molecule has 0 aliphatic heterocycles. The van der Waals surface area contributed by atoms with E-state index >= 15 is 0 Å². The van der Waals surface area contributed by atoms with Crippen molar-refractivity contribution in [2.24, 2.45) is 0 Å². The van der Waals surface area contributed by atoms with Crippen molar-refractivity contribution in [1.29, 1.82) is 0 Å². The van der Waals surface area contributed by atoms with Crippen LogP contribution in [0.15, 0.2) is 60.7 Å². The van der Waals surface area contributed by atoms with Gasteiger partial charge in [-0.05, 0) is 134 Å². The molecule has 0 aromatic heterocycles. The number of benzene rings is 4. The summed E-state index contributed by atoms with van der Waals surface area (Å²) in [6.45, 7) is 30.9. The largest absolute Gasteiger partial charge is 0.0587 e. The van der Waals surface area contributed by atoms with E-state index in [0.29, 0.717) is 5.56 Å². The van der Waals surface area contributed by atoms with E-state index in [9.17, 15) is 0 Å². The molecule has 0 atom stereocenters. The average Bonchev–Trinajstić information content (AvgIpc) is 3.01. The smallest absolute Gasteiger partial charge is 0.0347 e. The molecular weight excluding hydrogens is 589 g/mol. The van der Waals surface area contributed by atoms with Crippen molar-refractivity contribution in [1.82, 2.24) is 0 Å². The second kappa shape index (κ2) is 16.3. The Bertz CT molecular complexity index is 1980. The maximum Gasteiger partial charge on any atom is 0.0347 e. The first-order valence-electron chi connectivity index (χ1n) is 22.3. The van der Waals surface area contributed by atoms with Gasteiger partial charge in [0, 0.05) is 12.3 Å². The number of rotatable bonds is 8. The van der Waals surface area contributed by atoms with E-state index in [2.05, 4.69) is 45.0 Å². The molecule has 266 valence electrons. The first-order chi connectivity index (χ1) is 25.7. The topological polar surface area (TPSA) is 0 Å². The molecule has 4 aromatic rings. The average molecular weight is 668 g/mol. The Morgan fingerprint density at radius 1 is 0.449 bits per heavy atom. The van der Waals surface area contributed by atoms with E-state index < -0.39 is 42.2 Å². The molecule has 0 heteroatoms. The summed E-state index contributed by atoms with van der Waals surface area (Å²) >= 11 is 0. The minimum atomic E-state index is -2.12. The predicted octanol–water partition coefficient (Wildman–Crippen LogP) is 15.7. The number of hydrogen-bond acceptors (Lipinski definition) is 0. The Hall–Kier alpha value is -3.12. The van der Waals surface area contributed by atoms with Crippen LogP contribution in [0.25, 0.3) is 22.3 Å². The molecule has 0 aliphatic carbocycles. The van der Waals surface area contributed by atoms with Crippen molar-refractivity contribution in [3.05, 3.63) is 116 Å². The normalized spacial score (nSPS) is 16.4. The van der Waals surface area contributed by atoms with Crippen LogP contribution in [0, 0.1) is 20.7 Å². The maximum atomic E-state index is 9.03. The Balaban J connectivity index is 0.000000322. The highest BCUT2D eigenvalue weighted by molar-refractivity contribution is 5.75. The molecule has 0 bridgehead atoms. The van der Waals surface area contributed by atoms with Crippen LogP contribution in [0.5, 0.6) is 0 Å². The van der Waals surface area contributed by atoms with Crippen molar-refractivity contribution in [3.63, 3.8) is 0 Å². The van der Waals surface area contributed by atoms with Gasteiger partial charge in [0.2, 0.25) is 0 Å². The van der Waals surface area contributed by atoms with Gasteiger partial charge >= 0.3 is 0 Å². The highest BCUT2D eigenvalue weighted by Gasteiger charge is 2.24. The lowest BCUT2D eigenvalue weighted by molar-refractivity contribution is 0.587. The summed E-state index contributed by atoms with van der Waals surface area (Å²) in [6.07, 6.45) is 0. The summed E-state index contributed by atoms with van der Waals surface area (Å²) in [6, 6.07) is 19.2. The van der Waals surface area contributed by atoms with Gasteiger partial charge in [0.15, 0.2) is 0 Å². The monoisotopic (exact) mass is 668 g/mol. The van der Waals surface area contributed by atoms with Crippen LogP contribution in [0.2, 0.25) is 0 Å². The minimum Gasteiger partial charge on any atom is -0.0587 e. The third kappa shape index (κ3) is 9.57. The fourth-order valence-electron chi connectivity index (χ4n) is 6.65. The van der Waals surface area contributed by atoms with Gasteiger partial charge in [0.05, 0.1) is 0 Å². The van der Waals surface area contributed by atoms with Crippen molar-refractivity contribution in [3.8, 4) is 22.3 Å². The van der Waals surface area contributed by atoms with E-state index in [1.54, 1.807) is 24.3 Å². The van der Waals surface area contributed by atoms with Gasteiger partial charge < -0.3 is 0 Å². The van der Waals surface area contributed by atoms with Gasteiger partial charge in [-0.25, -0.2) is 0 Å². The minimum absolute atomic E-state index is 0.117. The zero-order valence-corrected chi connectivity index (χ0v) is 33.8. The van der Waals surface area contributed by atoms with Crippen LogP contribution in [0.4, 0.5) is 0 Å². The van der Waals surface area contributed by atoms with Crippen LogP contribution in [0.3, 0.4) is 0 Å². The van der Waals surface area contributed by atoms with Crippen LogP contribution < -0.4 is 0 Å². The summed E-state index contributed by atoms with van der Waals surface area (Å²) in [5, 5.41) is 0. The van der Waals surface area contributed by atoms with Crippen molar-refractivity contribution in [2.75, 3.05) is 0 Å². The molecule has 4 rings (SSSR count). The van der Waals surface area contributed by atoms with Crippen molar-refractivity contribution >= 4 is 0 Å². The molecule has 0 N–H and O–H groups in total. The third-order valence-electron chi connectivity index (χ3n) is 9.56. The van der Waals surface area contributed by atoms with Gasteiger partial charge in [-0.2, -0.15) is 0 Å². The Morgan fingerprint density at radius 2 is 0.776 bits per heavy atom. The molecule has 4 aromatic carbocycles. The molecule has 0 nitrogen and oxygen atoms in total. The fourth-order valence-corrected chi connectivity index (χ4v) is 6.65. The van der Waals surface area contributed by atoms with Gasteiger partial charge in [-0.15, -0.1) is 0 Å². The molecule has 49 heavy (non-hydrogen) atoms. The van der Waals surface area contributed by atoms with E-state index in [0.717, 1.165) is 72.3 Å². The highest BCUT2D eigenvalue weighted by atomic mass is 14.3. The summed E-state index contributed by atoms with van der Waals surface area (Å²) in [5.74, 6) is -4.99. The molecule has 0 fully saturated rings. The predicted molar refractivity (Wildman–Crippen MR) is 221 cm³/mol. The van der Waals surface area contributed by atoms with E-state index in [4.69, 9.17) is 12.3 Å².